The molecule has 0 aliphatic carbocycles. The number of likely N-dealkylation sites (tertiary alicyclic amines) is 1. The Morgan fingerprint density at radius 3 is 2.45 bits per heavy atom. The zero-order chi connectivity index (χ0) is 13.9. The van der Waals surface area contributed by atoms with Crippen LogP contribution < -0.4 is 0 Å². The molecule has 0 amide bonds. The number of hydrogen-bond donors (Lipinski definition) is 0. The van der Waals surface area contributed by atoms with Gasteiger partial charge in [-0.3, -0.25) is 4.90 Å². The molecule has 2 aromatic heterocycles. The molecule has 0 N–H and O–H groups in total. The van der Waals surface area contributed by atoms with Gasteiger partial charge in [0.25, 0.3) is 0 Å². The molecule has 1 saturated heterocycles. The number of aryl methyl sites for hydroxylation is 1. The van der Waals surface area contributed by atoms with Crippen molar-refractivity contribution in [2.75, 3.05) is 13.1 Å². The molecule has 0 unspecified atom stereocenters. The summed E-state index contributed by atoms with van der Waals surface area (Å²) in [5.41, 5.74) is 0. The molecule has 0 aromatic carbocycles. The topological polar surface area (TPSA) is 64.7 Å². The average molecular weight is 275 g/mol. The van der Waals surface area contributed by atoms with E-state index in [1.165, 1.54) is 12.8 Å². The Bertz CT molecular complexity index is 537. The van der Waals surface area contributed by atoms with Gasteiger partial charge in [0.15, 0.2) is 0 Å². The Kier molecular flexibility index (Phi) is 3.77. The second-order valence-electron chi connectivity index (χ2n) is 5.53. The van der Waals surface area contributed by atoms with E-state index in [9.17, 15) is 0 Å². The first-order valence-electron chi connectivity index (χ1n) is 7.13. The number of piperidine rings is 1. The van der Waals surface area contributed by atoms with E-state index in [1.807, 2.05) is 14.0 Å². The average Bonchev–Trinajstić information content (AvgIpc) is 3.06. The van der Waals surface area contributed by atoms with Crippen LogP contribution >= 0.6 is 0 Å². The van der Waals surface area contributed by atoms with E-state index in [1.54, 1.807) is 17.2 Å². The largest absolute Gasteiger partial charge is 0.317 e. The smallest absolute Gasteiger partial charge is 0.146 e. The Balaban J connectivity index is 1.50. The van der Waals surface area contributed by atoms with Crippen LogP contribution in [0.2, 0.25) is 0 Å². The van der Waals surface area contributed by atoms with Crippen molar-refractivity contribution >= 4 is 0 Å². The minimum Gasteiger partial charge on any atom is -0.317 e. The molecule has 0 atom stereocenters. The fourth-order valence-corrected chi connectivity index (χ4v) is 2.68. The van der Waals surface area contributed by atoms with Crippen LogP contribution in [0.5, 0.6) is 0 Å². The predicted octanol–water partition coefficient (Wildman–Crippen LogP) is 0.627. The van der Waals surface area contributed by atoms with Crippen LogP contribution in [0.3, 0.4) is 0 Å². The van der Waals surface area contributed by atoms with Crippen molar-refractivity contribution in [3.63, 3.8) is 0 Å². The van der Waals surface area contributed by atoms with Gasteiger partial charge in [-0.2, -0.15) is 15.0 Å². The molecule has 3 rings (SSSR count). The number of hydrogen-bond acceptors (Lipinski definition) is 5. The van der Waals surface area contributed by atoms with Crippen molar-refractivity contribution < 1.29 is 0 Å². The van der Waals surface area contributed by atoms with Crippen LogP contribution in [0, 0.1) is 12.8 Å². The Morgan fingerprint density at radius 2 is 1.85 bits per heavy atom. The maximum atomic E-state index is 4.24. The predicted molar refractivity (Wildman–Crippen MR) is 73.8 cm³/mol. The second-order valence-corrected chi connectivity index (χ2v) is 5.53. The zero-order valence-electron chi connectivity index (χ0n) is 12.1. The Hall–Kier alpha value is -1.76. The van der Waals surface area contributed by atoms with E-state index >= 15 is 0 Å². The number of rotatable bonds is 4. The number of aromatic nitrogens is 6. The summed E-state index contributed by atoms with van der Waals surface area (Å²) >= 11 is 0. The lowest BCUT2D eigenvalue weighted by molar-refractivity contribution is 0.157. The third-order valence-corrected chi connectivity index (χ3v) is 4.14. The number of nitrogens with zero attached hydrogens (tertiary/aromatic N) is 7. The molecule has 7 heteroatoms. The lowest BCUT2D eigenvalue weighted by Crippen LogP contribution is -2.35. The quantitative estimate of drug-likeness (QED) is 0.819. The summed E-state index contributed by atoms with van der Waals surface area (Å²) in [7, 11) is 2.03. The van der Waals surface area contributed by atoms with Gasteiger partial charge >= 0.3 is 0 Å². The van der Waals surface area contributed by atoms with E-state index in [-0.39, 0.29) is 0 Å². The van der Waals surface area contributed by atoms with Gasteiger partial charge in [-0.15, -0.1) is 10.2 Å². The summed E-state index contributed by atoms with van der Waals surface area (Å²) in [5, 5.41) is 16.7. The molecule has 3 heterocycles. The molecule has 108 valence electrons. The summed E-state index contributed by atoms with van der Waals surface area (Å²) in [6.45, 7) is 6.03. The van der Waals surface area contributed by atoms with Crippen molar-refractivity contribution in [2.24, 2.45) is 13.0 Å². The van der Waals surface area contributed by atoms with Gasteiger partial charge in [-0.1, -0.05) is 0 Å². The van der Waals surface area contributed by atoms with Crippen LogP contribution in [0.15, 0.2) is 12.4 Å². The fraction of sp³-hybridized carbons (Fsp3) is 0.692. The van der Waals surface area contributed by atoms with Crippen molar-refractivity contribution in [2.45, 2.75) is 32.9 Å². The van der Waals surface area contributed by atoms with E-state index in [2.05, 4.69) is 29.9 Å². The molecular weight excluding hydrogens is 254 g/mol. The molecule has 1 aliphatic heterocycles. The molecule has 2 aromatic rings. The van der Waals surface area contributed by atoms with Crippen LogP contribution in [-0.2, 0) is 20.1 Å². The summed E-state index contributed by atoms with van der Waals surface area (Å²) in [5.74, 6) is 2.70. The van der Waals surface area contributed by atoms with Gasteiger partial charge in [0, 0.05) is 7.05 Å². The standard InChI is InChI=1S/C13H21N7/c1-11-16-17-13(18(11)2)10-19-7-3-12(4-8-19)9-20-14-5-6-15-20/h5-6,12H,3-4,7-10H2,1-2H3. The highest BCUT2D eigenvalue weighted by Gasteiger charge is 2.21. The van der Waals surface area contributed by atoms with Crippen molar-refractivity contribution in [3.8, 4) is 0 Å². The van der Waals surface area contributed by atoms with Gasteiger partial charge < -0.3 is 4.57 Å². The summed E-state index contributed by atoms with van der Waals surface area (Å²) in [6, 6.07) is 0. The third kappa shape index (κ3) is 2.87. The highest BCUT2D eigenvalue weighted by Crippen LogP contribution is 2.19. The van der Waals surface area contributed by atoms with Crippen LogP contribution in [0.4, 0.5) is 0 Å². The molecule has 0 saturated carbocycles. The highest BCUT2D eigenvalue weighted by atomic mass is 15.5. The SMILES string of the molecule is Cc1nnc(CN2CCC(Cn3nccn3)CC2)n1C. The molecule has 1 fully saturated rings. The van der Waals surface area contributed by atoms with Crippen molar-refractivity contribution in [3.05, 3.63) is 24.0 Å². The summed E-state index contributed by atoms with van der Waals surface area (Å²) in [4.78, 5) is 4.25. The highest BCUT2D eigenvalue weighted by molar-refractivity contribution is 4.93. The lowest BCUT2D eigenvalue weighted by Gasteiger charge is -2.31. The monoisotopic (exact) mass is 275 g/mol. The molecule has 20 heavy (non-hydrogen) atoms. The first-order valence-corrected chi connectivity index (χ1v) is 7.13. The minimum absolute atomic E-state index is 0.680. The maximum Gasteiger partial charge on any atom is 0.146 e. The van der Waals surface area contributed by atoms with E-state index < -0.39 is 0 Å². The maximum absolute atomic E-state index is 4.24. The lowest BCUT2D eigenvalue weighted by atomic mass is 9.97. The first kappa shape index (κ1) is 13.2. The van der Waals surface area contributed by atoms with Gasteiger partial charge in [-0.05, 0) is 38.8 Å². The summed E-state index contributed by atoms with van der Waals surface area (Å²) in [6.07, 6.45) is 5.87. The van der Waals surface area contributed by atoms with Crippen molar-refractivity contribution in [1.29, 1.82) is 0 Å². The Morgan fingerprint density at radius 1 is 1.15 bits per heavy atom. The third-order valence-electron chi connectivity index (χ3n) is 4.14. The second kappa shape index (κ2) is 5.70. The van der Waals surface area contributed by atoms with Gasteiger partial charge in [0.2, 0.25) is 0 Å². The van der Waals surface area contributed by atoms with E-state index in [0.29, 0.717) is 5.92 Å². The summed E-state index contributed by atoms with van der Waals surface area (Å²) < 4.78 is 2.07. The van der Waals surface area contributed by atoms with Crippen molar-refractivity contribution in [1.82, 2.24) is 34.7 Å². The van der Waals surface area contributed by atoms with E-state index in [0.717, 1.165) is 37.8 Å². The molecular formula is C13H21N7. The van der Waals surface area contributed by atoms with Crippen LogP contribution in [-0.4, -0.2) is 47.7 Å². The minimum atomic E-state index is 0.680. The van der Waals surface area contributed by atoms with Gasteiger partial charge in [0.05, 0.1) is 25.5 Å². The van der Waals surface area contributed by atoms with Crippen LogP contribution in [0.1, 0.15) is 24.5 Å². The van der Waals surface area contributed by atoms with E-state index in [4.69, 9.17) is 0 Å². The molecule has 1 aliphatic rings. The molecule has 0 radical (unpaired) electrons. The molecule has 0 bridgehead atoms. The fourth-order valence-electron chi connectivity index (χ4n) is 2.68. The van der Waals surface area contributed by atoms with Gasteiger partial charge in [0.1, 0.15) is 11.6 Å². The molecule has 7 nitrogen and oxygen atoms in total. The Labute approximate surface area is 118 Å². The first-order chi connectivity index (χ1) is 9.72. The zero-order valence-corrected chi connectivity index (χ0v) is 12.1. The van der Waals surface area contributed by atoms with Crippen LogP contribution in [0.25, 0.3) is 0 Å². The van der Waals surface area contributed by atoms with Gasteiger partial charge in [-0.25, -0.2) is 0 Å². The molecule has 0 spiro atoms. The normalized spacial score (nSPS) is 17.7.